The van der Waals surface area contributed by atoms with Gasteiger partial charge in [-0.15, -0.1) is 0 Å². The number of amides is 1. The molecule has 1 fully saturated rings. The van der Waals surface area contributed by atoms with Crippen molar-refractivity contribution < 1.29 is 23.5 Å². The lowest BCUT2D eigenvalue weighted by Crippen LogP contribution is -2.40. The van der Waals surface area contributed by atoms with E-state index in [1.165, 1.54) is 0 Å². The van der Waals surface area contributed by atoms with Crippen LogP contribution in [0.1, 0.15) is 16.2 Å². The highest BCUT2D eigenvalue weighted by atomic mass is 16.5. The summed E-state index contributed by atoms with van der Waals surface area (Å²) in [5.41, 5.74) is 0.303. The predicted molar refractivity (Wildman–Crippen MR) is 85.4 cm³/mol. The van der Waals surface area contributed by atoms with Gasteiger partial charge in [0.15, 0.2) is 5.69 Å². The highest BCUT2D eigenvalue weighted by Gasteiger charge is 2.26. The third-order valence-electron chi connectivity index (χ3n) is 3.73. The molecule has 0 spiro atoms. The number of hydrogen-bond donors (Lipinski definition) is 0. The molecule has 0 radical (unpaired) electrons. The number of methoxy groups -OCH3 is 1. The molecule has 1 amide bonds. The van der Waals surface area contributed by atoms with E-state index in [1.54, 1.807) is 25.0 Å². The van der Waals surface area contributed by atoms with Gasteiger partial charge in [-0.1, -0.05) is 5.16 Å². The Hall–Kier alpha value is -2.54. The van der Waals surface area contributed by atoms with E-state index in [9.17, 15) is 4.79 Å². The summed E-state index contributed by atoms with van der Waals surface area (Å²) in [7, 11) is 1.62. The zero-order chi connectivity index (χ0) is 16.9. The lowest BCUT2D eigenvalue weighted by Gasteiger charge is -2.23. The van der Waals surface area contributed by atoms with Gasteiger partial charge in [0.2, 0.25) is 0 Å². The van der Waals surface area contributed by atoms with E-state index in [0.717, 1.165) is 5.75 Å². The average molecular weight is 332 g/mol. The molecule has 1 aliphatic rings. The Morgan fingerprint density at radius 3 is 2.71 bits per heavy atom. The first-order valence-corrected chi connectivity index (χ1v) is 7.77. The molecule has 0 unspecified atom stereocenters. The maximum atomic E-state index is 12.5. The fraction of sp³-hybridized carbons (Fsp3) is 0.412. The second-order valence-electron chi connectivity index (χ2n) is 5.56. The van der Waals surface area contributed by atoms with Gasteiger partial charge in [0.1, 0.15) is 23.4 Å². The molecule has 3 rings (SSSR count). The topological polar surface area (TPSA) is 74.0 Å². The third kappa shape index (κ3) is 3.86. The molecule has 1 aromatic heterocycles. The zero-order valence-electron chi connectivity index (χ0n) is 13.7. The molecule has 0 N–H and O–H groups in total. The second kappa shape index (κ2) is 7.35. The second-order valence-corrected chi connectivity index (χ2v) is 5.56. The van der Waals surface area contributed by atoms with E-state index in [-0.39, 0.29) is 12.0 Å². The van der Waals surface area contributed by atoms with Crippen LogP contribution in [0.3, 0.4) is 0 Å². The van der Waals surface area contributed by atoms with Gasteiger partial charge in [-0.2, -0.15) is 0 Å². The number of aryl methyl sites for hydroxylation is 1. The van der Waals surface area contributed by atoms with Gasteiger partial charge in [0.05, 0.1) is 26.9 Å². The van der Waals surface area contributed by atoms with Crippen LogP contribution in [0.5, 0.6) is 11.5 Å². The van der Waals surface area contributed by atoms with Crippen molar-refractivity contribution in [2.45, 2.75) is 13.0 Å². The zero-order valence-corrected chi connectivity index (χ0v) is 13.7. The van der Waals surface area contributed by atoms with Crippen molar-refractivity contribution in [3.63, 3.8) is 0 Å². The Morgan fingerprint density at radius 1 is 1.29 bits per heavy atom. The van der Waals surface area contributed by atoms with Crippen LogP contribution < -0.4 is 9.47 Å². The van der Waals surface area contributed by atoms with Crippen molar-refractivity contribution >= 4 is 5.91 Å². The minimum atomic E-state index is -0.252. The Balaban J connectivity index is 1.66. The number of nitrogens with zero attached hydrogens (tertiary/aromatic N) is 2. The molecule has 24 heavy (non-hydrogen) atoms. The molecule has 2 aromatic rings. The van der Waals surface area contributed by atoms with Gasteiger partial charge in [-0.05, 0) is 31.2 Å². The summed E-state index contributed by atoms with van der Waals surface area (Å²) in [5, 5.41) is 3.79. The molecule has 7 heteroatoms. The number of ether oxygens (including phenoxy) is 3. The third-order valence-corrected chi connectivity index (χ3v) is 3.73. The summed E-state index contributed by atoms with van der Waals surface area (Å²) in [6.45, 7) is 3.56. The Kier molecular flexibility index (Phi) is 5.00. The molecule has 1 aromatic carbocycles. The quantitative estimate of drug-likeness (QED) is 0.851. The normalized spacial score (nSPS) is 18.1. The molecule has 1 saturated heterocycles. The van der Waals surface area contributed by atoms with Gasteiger partial charge in [-0.25, -0.2) is 0 Å². The van der Waals surface area contributed by atoms with Crippen LogP contribution in [0.2, 0.25) is 0 Å². The maximum Gasteiger partial charge on any atom is 0.276 e. The maximum absolute atomic E-state index is 12.5. The van der Waals surface area contributed by atoms with Gasteiger partial charge in [0.25, 0.3) is 5.91 Å². The molecule has 0 bridgehead atoms. The van der Waals surface area contributed by atoms with Crippen LogP contribution in [-0.4, -0.2) is 55.5 Å². The Morgan fingerprint density at radius 2 is 2.04 bits per heavy atom. The first-order valence-electron chi connectivity index (χ1n) is 7.77. The SMILES string of the molecule is COc1ccc(O[C@H]2COCCN(C(=O)c3cc(C)on3)C2)cc1. The minimum absolute atomic E-state index is 0.180. The number of carbonyl (C=O) groups is 1. The highest BCUT2D eigenvalue weighted by Crippen LogP contribution is 2.19. The molecular formula is C17H20N2O5. The largest absolute Gasteiger partial charge is 0.497 e. The van der Waals surface area contributed by atoms with Crippen molar-refractivity contribution in [2.75, 3.05) is 33.4 Å². The van der Waals surface area contributed by atoms with Crippen molar-refractivity contribution in [3.05, 3.63) is 41.8 Å². The Bertz CT molecular complexity index is 683. The van der Waals surface area contributed by atoms with Crippen LogP contribution >= 0.6 is 0 Å². The van der Waals surface area contributed by atoms with Gasteiger partial charge >= 0.3 is 0 Å². The van der Waals surface area contributed by atoms with Crippen LogP contribution in [-0.2, 0) is 4.74 Å². The molecule has 7 nitrogen and oxygen atoms in total. The minimum Gasteiger partial charge on any atom is -0.497 e. The summed E-state index contributed by atoms with van der Waals surface area (Å²) < 4.78 is 21.6. The van der Waals surface area contributed by atoms with E-state index < -0.39 is 0 Å². The number of hydrogen-bond acceptors (Lipinski definition) is 6. The molecule has 2 heterocycles. The van der Waals surface area contributed by atoms with Crippen LogP contribution in [0.4, 0.5) is 0 Å². The number of carbonyl (C=O) groups excluding carboxylic acids is 1. The van der Waals surface area contributed by atoms with Crippen molar-refractivity contribution in [2.24, 2.45) is 0 Å². The summed E-state index contributed by atoms with van der Waals surface area (Å²) in [4.78, 5) is 14.2. The van der Waals surface area contributed by atoms with Gasteiger partial charge in [-0.3, -0.25) is 4.79 Å². The van der Waals surface area contributed by atoms with Gasteiger partial charge < -0.3 is 23.6 Å². The van der Waals surface area contributed by atoms with Crippen molar-refractivity contribution in [1.29, 1.82) is 0 Å². The van der Waals surface area contributed by atoms with Crippen LogP contribution in [0.15, 0.2) is 34.9 Å². The molecular weight excluding hydrogens is 312 g/mol. The van der Waals surface area contributed by atoms with Gasteiger partial charge in [0, 0.05) is 12.6 Å². The van der Waals surface area contributed by atoms with E-state index in [1.807, 2.05) is 24.3 Å². The summed E-state index contributed by atoms with van der Waals surface area (Å²) in [5.74, 6) is 1.89. The Labute approximate surface area is 140 Å². The molecule has 1 aliphatic heterocycles. The van der Waals surface area contributed by atoms with Crippen molar-refractivity contribution in [1.82, 2.24) is 10.1 Å². The summed E-state index contributed by atoms with van der Waals surface area (Å²) in [6.07, 6.45) is -0.252. The smallest absolute Gasteiger partial charge is 0.276 e. The van der Waals surface area contributed by atoms with E-state index in [4.69, 9.17) is 18.7 Å². The predicted octanol–water partition coefficient (Wildman–Crippen LogP) is 1.91. The lowest BCUT2D eigenvalue weighted by molar-refractivity contribution is 0.0646. The lowest BCUT2D eigenvalue weighted by atomic mass is 10.2. The van der Waals surface area contributed by atoms with E-state index in [2.05, 4.69) is 5.16 Å². The molecule has 1 atom stereocenters. The summed E-state index contributed by atoms with van der Waals surface area (Å²) >= 11 is 0. The average Bonchev–Trinajstić information content (AvgIpc) is 2.90. The standard InChI is InChI=1S/C17H20N2O5/c1-12-9-16(18-24-12)17(20)19-7-8-22-11-15(10-19)23-14-5-3-13(21-2)4-6-14/h3-6,9,15H,7-8,10-11H2,1-2H3/t15-/m1/s1. The fourth-order valence-electron chi connectivity index (χ4n) is 2.51. The highest BCUT2D eigenvalue weighted by molar-refractivity contribution is 5.92. The number of rotatable bonds is 4. The fourth-order valence-corrected chi connectivity index (χ4v) is 2.51. The van der Waals surface area contributed by atoms with E-state index in [0.29, 0.717) is 43.5 Å². The number of aromatic nitrogens is 1. The molecule has 128 valence electrons. The van der Waals surface area contributed by atoms with Crippen LogP contribution in [0.25, 0.3) is 0 Å². The first-order chi connectivity index (χ1) is 11.7. The first kappa shape index (κ1) is 16.3. The summed E-state index contributed by atoms with van der Waals surface area (Å²) in [6, 6.07) is 8.95. The van der Waals surface area contributed by atoms with E-state index >= 15 is 0 Å². The van der Waals surface area contributed by atoms with Crippen molar-refractivity contribution in [3.8, 4) is 11.5 Å². The molecule has 0 aliphatic carbocycles. The monoisotopic (exact) mass is 332 g/mol. The number of benzene rings is 1. The van der Waals surface area contributed by atoms with Crippen LogP contribution in [0, 0.1) is 6.92 Å². The molecule has 0 saturated carbocycles.